The van der Waals surface area contributed by atoms with E-state index < -0.39 is 5.60 Å². The summed E-state index contributed by atoms with van der Waals surface area (Å²) in [5.41, 5.74) is 0.162. The van der Waals surface area contributed by atoms with Crippen LogP contribution in [0.4, 0.5) is 4.39 Å². The summed E-state index contributed by atoms with van der Waals surface area (Å²) in [4.78, 5) is 0. The number of rotatable bonds is 1. The average molecular weight is 264 g/mol. The maximum absolute atomic E-state index is 12.7. The maximum atomic E-state index is 12.7. The van der Waals surface area contributed by atoms with Crippen LogP contribution in [0.1, 0.15) is 18.1 Å². The fourth-order valence-electron chi connectivity index (χ4n) is 1.62. The lowest BCUT2D eigenvalue weighted by molar-refractivity contribution is 0.122. The first-order valence-corrected chi connectivity index (χ1v) is 6.14. The van der Waals surface area contributed by atoms with Crippen LogP contribution in [0.2, 0.25) is 0 Å². The smallest absolute Gasteiger partial charge is 0.149 e. The Morgan fingerprint density at radius 2 is 1.60 bits per heavy atom. The van der Waals surface area contributed by atoms with E-state index in [1.165, 1.54) is 12.1 Å². The highest BCUT2D eigenvalue weighted by Crippen LogP contribution is 2.18. The SMILES string of the molecule is CC(O)(C#CC#Cc1ccc(F)cc1)c1ccccc1. The van der Waals surface area contributed by atoms with Crippen LogP contribution in [0.25, 0.3) is 0 Å². The topological polar surface area (TPSA) is 20.2 Å². The van der Waals surface area contributed by atoms with E-state index in [-0.39, 0.29) is 5.82 Å². The molecule has 2 aromatic rings. The van der Waals surface area contributed by atoms with Crippen LogP contribution in [-0.4, -0.2) is 5.11 Å². The monoisotopic (exact) mass is 264 g/mol. The molecule has 20 heavy (non-hydrogen) atoms. The van der Waals surface area contributed by atoms with Crippen molar-refractivity contribution in [3.63, 3.8) is 0 Å². The second-order valence-corrected chi connectivity index (χ2v) is 4.45. The van der Waals surface area contributed by atoms with Gasteiger partial charge in [0.1, 0.15) is 11.4 Å². The van der Waals surface area contributed by atoms with E-state index in [1.807, 2.05) is 30.3 Å². The second kappa shape index (κ2) is 6.06. The van der Waals surface area contributed by atoms with Crippen LogP contribution in [0, 0.1) is 29.5 Å². The van der Waals surface area contributed by atoms with Crippen molar-refractivity contribution in [2.24, 2.45) is 0 Å². The largest absolute Gasteiger partial charge is 0.374 e. The maximum Gasteiger partial charge on any atom is 0.149 e. The van der Waals surface area contributed by atoms with Gasteiger partial charge in [-0.15, -0.1) is 0 Å². The first kappa shape index (κ1) is 13.9. The van der Waals surface area contributed by atoms with E-state index in [2.05, 4.69) is 23.7 Å². The fourth-order valence-corrected chi connectivity index (χ4v) is 1.62. The molecule has 1 atom stereocenters. The molecule has 1 unspecified atom stereocenters. The van der Waals surface area contributed by atoms with E-state index in [0.29, 0.717) is 5.56 Å². The van der Waals surface area contributed by atoms with Crippen LogP contribution in [0.15, 0.2) is 54.6 Å². The van der Waals surface area contributed by atoms with E-state index in [9.17, 15) is 9.50 Å². The Labute approximate surface area is 118 Å². The lowest BCUT2D eigenvalue weighted by atomic mass is 9.97. The highest BCUT2D eigenvalue weighted by Gasteiger charge is 2.18. The minimum absolute atomic E-state index is 0.298. The Kier molecular flexibility index (Phi) is 4.20. The molecule has 0 aromatic heterocycles. The van der Waals surface area contributed by atoms with Gasteiger partial charge in [0.2, 0.25) is 0 Å². The molecule has 0 bridgehead atoms. The predicted molar refractivity (Wildman–Crippen MR) is 77.1 cm³/mol. The quantitative estimate of drug-likeness (QED) is 0.785. The first-order chi connectivity index (χ1) is 9.58. The summed E-state index contributed by atoms with van der Waals surface area (Å²) in [7, 11) is 0. The van der Waals surface area contributed by atoms with Gasteiger partial charge in [-0.05, 0) is 54.5 Å². The average Bonchev–Trinajstić information content (AvgIpc) is 2.46. The molecule has 0 amide bonds. The second-order valence-electron chi connectivity index (χ2n) is 4.45. The van der Waals surface area contributed by atoms with Gasteiger partial charge in [0.05, 0.1) is 0 Å². The van der Waals surface area contributed by atoms with E-state index in [4.69, 9.17) is 0 Å². The van der Waals surface area contributed by atoms with Gasteiger partial charge in [-0.3, -0.25) is 0 Å². The molecule has 0 saturated heterocycles. The van der Waals surface area contributed by atoms with Gasteiger partial charge in [0.15, 0.2) is 0 Å². The molecule has 0 radical (unpaired) electrons. The molecule has 0 saturated carbocycles. The molecule has 0 aliphatic rings. The molecule has 1 N–H and O–H groups in total. The molecule has 98 valence electrons. The van der Waals surface area contributed by atoms with Crippen molar-refractivity contribution >= 4 is 0 Å². The summed E-state index contributed by atoms with van der Waals surface area (Å²) in [5.74, 6) is 10.5. The van der Waals surface area contributed by atoms with Gasteiger partial charge < -0.3 is 5.11 Å². The molecule has 0 aliphatic heterocycles. The molecule has 2 aromatic carbocycles. The van der Waals surface area contributed by atoms with Gasteiger partial charge in [0, 0.05) is 5.56 Å². The Morgan fingerprint density at radius 3 is 2.25 bits per heavy atom. The molecule has 0 aliphatic carbocycles. The highest BCUT2D eigenvalue weighted by molar-refractivity contribution is 5.42. The third-order valence-corrected chi connectivity index (χ3v) is 2.76. The Bertz CT molecular complexity index is 692. The minimum atomic E-state index is -1.24. The number of hydrogen-bond acceptors (Lipinski definition) is 1. The molecule has 0 heterocycles. The van der Waals surface area contributed by atoms with Gasteiger partial charge in [0.25, 0.3) is 0 Å². The third kappa shape index (κ3) is 3.72. The van der Waals surface area contributed by atoms with Crippen LogP contribution >= 0.6 is 0 Å². The van der Waals surface area contributed by atoms with E-state index >= 15 is 0 Å². The summed E-state index contributed by atoms with van der Waals surface area (Å²) < 4.78 is 12.7. The Balaban J connectivity index is 2.14. The van der Waals surface area contributed by atoms with Gasteiger partial charge in [-0.2, -0.15) is 0 Å². The van der Waals surface area contributed by atoms with Crippen molar-refractivity contribution < 1.29 is 9.50 Å². The number of hydrogen-bond donors (Lipinski definition) is 1. The zero-order chi connectivity index (χ0) is 14.4. The normalized spacial score (nSPS) is 12.3. The predicted octanol–water partition coefficient (Wildman–Crippen LogP) is 3.09. The standard InChI is InChI=1S/C18H13FO/c1-18(20,16-8-3-2-4-9-16)14-6-5-7-15-10-12-17(19)13-11-15/h2-4,8-13,20H,1H3. The molecule has 2 heteroatoms. The summed E-state index contributed by atoms with van der Waals surface area (Å²) in [6.45, 7) is 1.62. The number of aliphatic hydroxyl groups is 1. The van der Waals surface area contributed by atoms with Crippen LogP contribution < -0.4 is 0 Å². The van der Waals surface area contributed by atoms with Crippen molar-refractivity contribution in [2.75, 3.05) is 0 Å². The molecular weight excluding hydrogens is 251 g/mol. The Hall–Kier alpha value is -2.55. The molecule has 2 rings (SSSR count). The number of halogens is 1. The van der Waals surface area contributed by atoms with Crippen molar-refractivity contribution in [2.45, 2.75) is 12.5 Å². The van der Waals surface area contributed by atoms with Crippen molar-refractivity contribution in [3.05, 3.63) is 71.5 Å². The third-order valence-electron chi connectivity index (χ3n) is 2.76. The summed E-state index contributed by atoms with van der Waals surface area (Å²) >= 11 is 0. The van der Waals surface area contributed by atoms with E-state index in [1.54, 1.807) is 19.1 Å². The fraction of sp³-hybridized carbons (Fsp3) is 0.111. The summed E-state index contributed by atoms with van der Waals surface area (Å²) in [6, 6.07) is 15.0. The number of benzene rings is 2. The van der Waals surface area contributed by atoms with Crippen LogP contribution in [-0.2, 0) is 5.60 Å². The Morgan fingerprint density at radius 1 is 0.950 bits per heavy atom. The lowest BCUT2D eigenvalue weighted by Crippen LogP contribution is -2.17. The van der Waals surface area contributed by atoms with Gasteiger partial charge in [-0.25, -0.2) is 4.39 Å². The van der Waals surface area contributed by atoms with Crippen LogP contribution in [0.5, 0.6) is 0 Å². The highest BCUT2D eigenvalue weighted by atomic mass is 19.1. The zero-order valence-corrected chi connectivity index (χ0v) is 11.0. The molecular formula is C18H13FO. The zero-order valence-electron chi connectivity index (χ0n) is 11.0. The first-order valence-electron chi connectivity index (χ1n) is 6.14. The van der Waals surface area contributed by atoms with Gasteiger partial charge >= 0.3 is 0 Å². The molecule has 0 fully saturated rings. The minimum Gasteiger partial charge on any atom is -0.374 e. The lowest BCUT2D eigenvalue weighted by Gasteiger charge is -2.15. The van der Waals surface area contributed by atoms with Crippen molar-refractivity contribution in [1.82, 2.24) is 0 Å². The summed E-state index contributed by atoms with van der Waals surface area (Å²) in [5, 5.41) is 10.2. The van der Waals surface area contributed by atoms with Crippen molar-refractivity contribution in [1.29, 1.82) is 0 Å². The van der Waals surface area contributed by atoms with Gasteiger partial charge in [-0.1, -0.05) is 36.3 Å². The summed E-state index contributed by atoms with van der Waals surface area (Å²) in [6.07, 6.45) is 0. The van der Waals surface area contributed by atoms with Crippen LogP contribution in [0.3, 0.4) is 0 Å². The van der Waals surface area contributed by atoms with E-state index in [0.717, 1.165) is 5.56 Å². The molecule has 1 nitrogen and oxygen atoms in total. The molecule has 0 spiro atoms. The van der Waals surface area contributed by atoms with Crippen molar-refractivity contribution in [3.8, 4) is 23.7 Å².